The van der Waals surface area contributed by atoms with E-state index in [1.807, 2.05) is 12.1 Å². The van der Waals surface area contributed by atoms with Crippen molar-refractivity contribution in [2.24, 2.45) is 0 Å². The highest BCUT2D eigenvalue weighted by Crippen LogP contribution is 2.22. The van der Waals surface area contributed by atoms with Gasteiger partial charge in [0.1, 0.15) is 0 Å². The highest BCUT2D eigenvalue weighted by Gasteiger charge is 2.24. The maximum absolute atomic E-state index is 11.4. The normalized spacial score (nSPS) is 15.2. The summed E-state index contributed by atoms with van der Waals surface area (Å²) in [6, 6.07) is 5.57. The van der Waals surface area contributed by atoms with E-state index in [9.17, 15) is 4.79 Å². The van der Waals surface area contributed by atoms with E-state index in [4.69, 9.17) is 11.6 Å². The second kappa shape index (κ2) is 2.49. The fraction of sp³-hybridized carbons (Fsp3) is 0.222. The minimum Gasteiger partial charge on any atom is -0.337 e. The van der Waals surface area contributed by atoms with E-state index in [2.05, 4.69) is 0 Å². The fourth-order valence-corrected chi connectivity index (χ4v) is 1.61. The zero-order chi connectivity index (χ0) is 8.72. The molecule has 0 saturated heterocycles. The minimum absolute atomic E-state index is 0.0803. The zero-order valence-corrected chi connectivity index (χ0v) is 7.52. The number of benzene rings is 1. The van der Waals surface area contributed by atoms with E-state index in [0.29, 0.717) is 6.54 Å². The Bertz CT molecular complexity index is 348. The molecule has 2 rings (SSSR count). The van der Waals surface area contributed by atoms with E-state index in [1.54, 1.807) is 18.0 Å². The standard InChI is InChI=1S/C9H9ClNO/c1-11-5-6-2-3-7(10)4-8(6)9(11)12/h2-4,10H,5H2,1H3/q+1. The summed E-state index contributed by atoms with van der Waals surface area (Å²) in [5.74, 6) is 0.0803. The van der Waals surface area contributed by atoms with Crippen LogP contribution in [0, 0.1) is 11.6 Å². The van der Waals surface area contributed by atoms with E-state index in [0.717, 1.165) is 16.1 Å². The first kappa shape index (κ1) is 7.62. The Morgan fingerprint density at radius 3 is 3.00 bits per heavy atom. The summed E-state index contributed by atoms with van der Waals surface area (Å²) < 4.78 is 0. The third-order valence-electron chi connectivity index (χ3n) is 2.07. The lowest BCUT2D eigenvalue weighted by molar-refractivity contribution is -0.288. The second-order valence-electron chi connectivity index (χ2n) is 2.98. The molecule has 0 aromatic heterocycles. The summed E-state index contributed by atoms with van der Waals surface area (Å²) in [4.78, 5) is 13.1. The number of fused-ring (bicyclic) bond motifs is 1. The van der Waals surface area contributed by atoms with Crippen molar-refractivity contribution in [3.05, 3.63) is 34.3 Å². The maximum atomic E-state index is 11.4. The smallest absolute Gasteiger partial charge is 0.254 e. The van der Waals surface area contributed by atoms with Crippen LogP contribution in [0.5, 0.6) is 0 Å². The molecule has 1 aliphatic rings. The number of hydrogen-bond acceptors (Lipinski definition) is 1. The van der Waals surface area contributed by atoms with Gasteiger partial charge in [-0.1, -0.05) is 6.07 Å². The molecule has 1 aromatic rings. The van der Waals surface area contributed by atoms with Crippen molar-refractivity contribution >= 4 is 5.91 Å². The molecule has 2 nitrogen and oxygen atoms in total. The number of nitrogens with zero attached hydrogens (tertiary/aromatic N) is 1. The van der Waals surface area contributed by atoms with Crippen LogP contribution in [0.1, 0.15) is 15.9 Å². The molecule has 1 heterocycles. The molecule has 0 bridgehead atoms. The number of amides is 1. The average Bonchev–Trinajstić information content (AvgIpc) is 2.31. The van der Waals surface area contributed by atoms with Gasteiger partial charge in [-0.25, -0.2) is 0 Å². The lowest BCUT2D eigenvalue weighted by Gasteiger charge is -2.04. The second-order valence-corrected chi connectivity index (χ2v) is 3.45. The van der Waals surface area contributed by atoms with Crippen molar-refractivity contribution in [1.29, 1.82) is 0 Å². The van der Waals surface area contributed by atoms with Crippen molar-refractivity contribution < 1.29 is 16.4 Å². The molecule has 1 aliphatic heterocycles. The Labute approximate surface area is 75.7 Å². The summed E-state index contributed by atoms with van der Waals surface area (Å²) >= 11 is 4.97. The van der Waals surface area contributed by atoms with Crippen LogP contribution in [0.4, 0.5) is 0 Å². The molecule has 0 saturated carbocycles. The molecule has 0 atom stereocenters. The van der Waals surface area contributed by atoms with Crippen LogP contribution in [0.3, 0.4) is 0 Å². The number of hydrogen-bond donors (Lipinski definition) is 0. The first-order chi connectivity index (χ1) is 5.68. The third-order valence-corrected chi connectivity index (χ3v) is 2.32. The SMILES string of the molecule is CN1Cc2ccc([ClH+])cc2C1=O. The molecule has 0 fully saturated rings. The molecule has 0 unspecified atom stereocenters. The van der Waals surface area contributed by atoms with E-state index < -0.39 is 0 Å². The Hall–Kier alpha value is -1.02. The zero-order valence-electron chi connectivity index (χ0n) is 6.70. The van der Waals surface area contributed by atoms with Crippen LogP contribution in [0.25, 0.3) is 0 Å². The quantitative estimate of drug-likeness (QED) is 0.586. The Morgan fingerprint density at radius 2 is 2.25 bits per heavy atom. The van der Waals surface area contributed by atoms with Crippen molar-refractivity contribution in [3.8, 4) is 0 Å². The molecular weight excluding hydrogens is 174 g/mol. The lowest BCUT2D eigenvalue weighted by Crippen LogP contribution is -2.17. The van der Waals surface area contributed by atoms with Crippen LogP contribution in [-0.2, 0) is 6.54 Å². The average molecular weight is 183 g/mol. The van der Waals surface area contributed by atoms with Crippen LogP contribution < -0.4 is 0 Å². The molecule has 3 heteroatoms. The van der Waals surface area contributed by atoms with Crippen LogP contribution in [0.2, 0.25) is 5.02 Å². The van der Waals surface area contributed by atoms with Crippen molar-refractivity contribution in [2.75, 3.05) is 7.05 Å². The summed E-state index contributed by atoms with van der Waals surface area (Å²) in [6.07, 6.45) is 0. The first-order valence-electron chi connectivity index (χ1n) is 3.74. The Morgan fingerprint density at radius 1 is 1.50 bits per heavy atom. The molecule has 0 aliphatic carbocycles. The van der Waals surface area contributed by atoms with Gasteiger partial charge < -0.3 is 4.90 Å². The van der Waals surface area contributed by atoms with Gasteiger partial charge in [-0.15, -0.1) is 0 Å². The van der Waals surface area contributed by atoms with Gasteiger partial charge in [0.05, 0.1) is 5.56 Å². The molecule has 1 aromatic carbocycles. The highest BCUT2D eigenvalue weighted by atomic mass is 35.5. The third kappa shape index (κ3) is 0.994. The van der Waals surface area contributed by atoms with Gasteiger partial charge in [0, 0.05) is 25.7 Å². The molecule has 0 spiro atoms. The number of halogens is 1. The van der Waals surface area contributed by atoms with E-state index in [1.165, 1.54) is 0 Å². The van der Waals surface area contributed by atoms with Gasteiger partial charge >= 0.3 is 0 Å². The highest BCUT2D eigenvalue weighted by molar-refractivity contribution is 5.98. The molecule has 0 radical (unpaired) electrons. The van der Waals surface area contributed by atoms with Gasteiger partial charge in [0.15, 0.2) is 11.6 Å². The van der Waals surface area contributed by atoms with Crippen LogP contribution in [-0.4, -0.2) is 17.9 Å². The lowest BCUT2D eigenvalue weighted by atomic mass is 10.1. The van der Waals surface area contributed by atoms with Crippen molar-refractivity contribution in [3.63, 3.8) is 0 Å². The Balaban J connectivity index is 2.56. The number of carbonyl (C=O) groups excluding carboxylic acids is 1. The fourth-order valence-electron chi connectivity index (χ4n) is 1.43. The number of carbonyl (C=O) groups is 1. The van der Waals surface area contributed by atoms with E-state index >= 15 is 0 Å². The largest absolute Gasteiger partial charge is 0.337 e. The van der Waals surface area contributed by atoms with E-state index in [-0.39, 0.29) is 5.91 Å². The Kier molecular flexibility index (Phi) is 1.58. The minimum atomic E-state index is 0.0803. The predicted octanol–water partition coefficient (Wildman–Crippen LogP) is 0.968. The molecular formula is C9H9ClNO+. The monoisotopic (exact) mass is 182 g/mol. The van der Waals surface area contributed by atoms with Gasteiger partial charge in [-0.3, -0.25) is 4.79 Å². The van der Waals surface area contributed by atoms with Gasteiger partial charge in [-0.2, -0.15) is 0 Å². The van der Waals surface area contributed by atoms with Crippen molar-refractivity contribution in [2.45, 2.75) is 6.54 Å². The van der Waals surface area contributed by atoms with Crippen LogP contribution >= 0.6 is 0 Å². The predicted molar refractivity (Wildman–Crippen MR) is 42.8 cm³/mol. The first-order valence-corrected chi connectivity index (χ1v) is 4.15. The summed E-state index contributed by atoms with van der Waals surface area (Å²) in [7, 11) is 1.80. The summed E-state index contributed by atoms with van der Waals surface area (Å²) in [5, 5.41) is 0.734. The van der Waals surface area contributed by atoms with Gasteiger partial charge in [-0.05, 0) is 5.56 Å². The number of rotatable bonds is 0. The van der Waals surface area contributed by atoms with Crippen molar-refractivity contribution in [1.82, 2.24) is 4.90 Å². The molecule has 62 valence electrons. The van der Waals surface area contributed by atoms with Gasteiger partial charge in [0.25, 0.3) is 5.91 Å². The summed E-state index contributed by atoms with van der Waals surface area (Å²) in [5.41, 5.74) is 1.85. The summed E-state index contributed by atoms with van der Waals surface area (Å²) in [6.45, 7) is 0.712. The van der Waals surface area contributed by atoms with Gasteiger partial charge in [0.2, 0.25) is 5.02 Å². The molecule has 12 heavy (non-hydrogen) atoms. The van der Waals surface area contributed by atoms with Crippen LogP contribution in [0.15, 0.2) is 18.2 Å². The maximum Gasteiger partial charge on any atom is 0.254 e. The molecule has 1 amide bonds. The molecule has 0 N–H and O–H groups in total. The topological polar surface area (TPSA) is 20.3 Å².